The molecule has 0 aliphatic carbocycles. The van der Waals surface area contributed by atoms with Crippen LogP contribution in [0.3, 0.4) is 0 Å². The first-order chi connectivity index (χ1) is 7.29. The molecule has 1 nitrogen and oxygen atoms in total. The van der Waals surface area contributed by atoms with E-state index in [4.69, 9.17) is 0 Å². The summed E-state index contributed by atoms with van der Waals surface area (Å²) in [5, 5.41) is 6.97. The van der Waals surface area contributed by atoms with E-state index >= 15 is 0 Å². The second-order valence-corrected chi connectivity index (χ2v) is 5.02. The minimum atomic E-state index is 0.739. The molecule has 1 heterocycles. The number of benzene rings is 1. The minimum absolute atomic E-state index is 0.739. The molecule has 1 aromatic carbocycles. The third-order valence-electron chi connectivity index (χ3n) is 2.80. The molecule has 1 N–H and O–H groups in total. The zero-order valence-corrected chi connectivity index (χ0v) is 10.1. The van der Waals surface area contributed by atoms with Crippen LogP contribution in [0, 0.1) is 5.92 Å². The Balaban J connectivity index is 2.08. The van der Waals surface area contributed by atoms with Gasteiger partial charge in [0.1, 0.15) is 0 Å². The normalized spacial score (nSPS) is 12.9. The van der Waals surface area contributed by atoms with Gasteiger partial charge in [0.15, 0.2) is 0 Å². The Bertz CT molecular complexity index is 433. The summed E-state index contributed by atoms with van der Waals surface area (Å²) < 4.78 is 1.36. The van der Waals surface area contributed by atoms with Crippen LogP contribution in [-0.4, -0.2) is 6.54 Å². The van der Waals surface area contributed by atoms with Crippen molar-refractivity contribution in [2.24, 2.45) is 5.92 Å². The molecule has 0 saturated carbocycles. The van der Waals surface area contributed by atoms with Gasteiger partial charge in [-0.2, -0.15) is 0 Å². The summed E-state index contributed by atoms with van der Waals surface area (Å²) in [6.07, 6.45) is 1.23. The largest absolute Gasteiger partial charge is 0.385 e. The Morgan fingerprint density at radius 1 is 1.33 bits per heavy atom. The van der Waals surface area contributed by atoms with Crippen molar-refractivity contribution in [1.29, 1.82) is 0 Å². The lowest BCUT2D eigenvalue weighted by Gasteiger charge is -2.11. The molecule has 2 aromatic rings. The maximum Gasteiger partial charge on any atom is 0.0347 e. The van der Waals surface area contributed by atoms with Crippen molar-refractivity contribution in [1.82, 2.24) is 0 Å². The number of rotatable bonds is 4. The van der Waals surface area contributed by atoms with Gasteiger partial charge in [0, 0.05) is 16.9 Å². The molecule has 1 aromatic heterocycles. The van der Waals surface area contributed by atoms with E-state index in [1.807, 2.05) is 0 Å². The van der Waals surface area contributed by atoms with E-state index in [-0.39, 0.29) is 0 Å². The second kappa shape index (κ2) is 4.67. The molecule has 0 spiro atoms. The highest BCUT2D eigenvalue weighted by Gasteiger charge is 2.00. The molecule has 0 radical (unpaired) electrons. The number of hydrogen-bond donors (Lipinski definition) is 1. The van der Waals surface area contributed by atoms with Gasteiger partial charge in [0.25, 0.3) is 0 Å². The van der Waals surface area contributed by atoms with Crippen molar-refractivity contribution in [3.8, 4) is 0 Å². The van der Waals surface area contributed by atoms with Gasteiger partial charge < -0.3 is 5.32 Å². The van der Waals surface area contributed by atoms with Gasteiger partial charge in [-0.15, -0.1) is 11.3 Å². The zero-order chi connectivity index (χ0) is 10.7. The molecule has 2 rings (SSSR count). The lowest BCUT2D eigenvalue weighted by Crippen LogP contribution is -2.09. The molecule has 0 bridgehead atoms. The third kappa shape index (κ3) is 2.51. The van der Waals surface area contributed by atoms with Crippen LogP contribution in [0.25, 0.3) is 10.1 Å². The molecule has 15 heavy (non-hydrogen) atoms. The second-order valence-electron chi connectivity index (χ2n) is 4.07. The molecule has 0 amide bonds. The van der Waals surface area contributed by atoms with E-state index in [1.54, 1.807) is 11.3 Å². The van der Waals surface area contributed by atoms with Crippen molar-refractivity contribution in [2.75, 3.05) is 11.9 Å². The van der Waals surface area contributed by atoms with Crippen molar-refractivity contribution in [3.05, 3.63) is 29.6 Å². The average molecular weight is 219 g/mol. The molecule has 0 aliphatic heterocycles. The SMILES string of the molecule is CCC(C)CNc1ccc2sccc2c1. The summed E-state index contributed by atoms with van der Waals surface area (Å²) in [5.74, 6) is 0.739. The molecular formula is C13H17NS. The third-order valence-corrected chi connectivity index (χ3v) is 3.70. The molecule has 1 atom stereocenters. The van der Waals surface area contributed by atoms with E-state index in [1.165, 1.54) is 22.2 Å². The summed E-state index contributed by atoms with van der Waals surface area (Å²) in [7, 11) is 0. The number of fused-ring (bicyclic) bond motifs is 1. The van der Waals surface area contributed by atoms with Crippen LogP contribution in [0.5, 0.6) is 0 Å². The smallest absolute Gasteiger partial charge is 0.0347 e. The maximum atomic E-state index is 3.48. The number of hydrogen-bond acceptors (Lipinski definition) is 2. The van der Waals surface area contributed by atoms with Crippen LogP contribution in [0.1, 0.15) is 20.3 Å². The van der Waals surface area contributed by atoms with Crippen LogP contribution in [0.4, 0.5) is 5.69 Å². The summed E-state index contributed by atoms with van der Waals surface area (Å²) in [4.78, 5) is 0. The van der Waals surface area contributed by atoms with Crippen molar-refractivity contribution in [2.45, 2.75) is 20.3 Å². The number of thiophene rings is 1. The highest BCUT2D eigenvalue weighted by molar-refractivity contribution is 7.17. The van der Waals surface area contributed by atoms with Crippen molar-refractivity contribution < 1.29 is 0 Å². The maximum absolute atomic E-state index is 3.48. The van der Waals surface area contributed by atoms with E-state index in [2.05, 4.69) is 48.8 Å². The summed E-state index contributed by atoms with van der Waals surface area (Å²) in [6.45, 7) is 5.57. The molecule has 0 fully saturated rings. The van der Waals surface area contributed by atoms with Gasteiger partial charge in [-0.3, -0.25) is 0 Å². The van der Waals surface area contributed by atoms with Crippen LogP contribution in [0.2, 0.25) is 0 Å². The summed E-state index contributed by atoms with van der Waals surface area (Å²) >= 11 is 1.80. The molecular weight excluding hydrogens is 202 g/mol. The zero-order valence-electron chi connectivity index (χ0n) is 9.29. The Hall–Kier alpha value is -1.02. The highest BCUT2D eigenvalue weighted by atomic mass is 32.1. The predicted molar refractivity (Wildman–Crippen MR) is 69.8 cm³/mol. The molecule has 1 unspecified atom stereocenters. The Labute approximate surface area is 95.1 Å². The summed E-state index contributed by atoms with van der Waals surface area (Å²) in [5.41, 5.74) is 1.24. The van der Waals surface area contributed by atoms with Gasteiger partial charge >= 0.3 is 0 Å². The average Bonchev–Trinajstić information content (AvgIpc) is 2.72. The van der Waals surface area contributed by atoms with Crippen LogP contribution in [0.15, 0.2) is 29.6 Å². The van der Waals surface area contributed by atoms with Gasteiger partial charge in [-0.05, 0) is 40.9 Å². The van der Waals surface area contributed by atoms with Crippen molar-refractivity contribution >= 4 is 27.1 Å². The van der Waals surface area contributed by atoms with Crippen molar-refractivity contribution in [3.63, 3.8) is 0 Å². The first kappa shape index (κ1) is 10.5. The van der Waals surface area contributed by atoms with Crippen LogP contribution >= 0.6 is 11.3 Å². The van der Waals surface area contributed by atoms with E-state index in [0.717, 1.165) is 12.5 Å². The number of anilines is 1. The molecule has 2 heteroatoms. The van der Waals surface area contributed by atoms with Gasteiger partial charge in [-0.1, -0.05) is 20.3 Å². The Morgan fingerprint density at radius 3 is 3.00 bits per heavy atom. The standard InChI is InChI=1S/C13H17NS/c1-3-10(2)9-14-12-4-5-13-11(8-12)6-7-15-13/h4-8,10,14H,3,9H2,1-2H3. The van der Waals surface area contributed by atoms with Gasteiger partial charge in [-0.25, -0.2) is 0 Å². The monoisotopic (exact) mass is 219 g/mol. The first-order valence-electron chi connectivity index (χ1n) is 5.50. The first-order valence-corrected chi connectivity index (χ1v) is 6.38. The quantitative estimate of drug-likeness (QED) is 0.805. The van der Waals surface area contributed by atoms with Gasteiger partial charge in [0.2, 0.25) is 0 Å². The van der Waals surface area contributed by atoms with Crippen LogP contribution < -0.4 is 5.32 Å². The summed E-state index contributed by atoms with van der Waals surface area (Å²) in [6, 6.07) is 8.77. The van der Waals surface area contributed by atoms with Crippen LogP contribution in [-0.2, 0) is 0 Å². The Kier molecular flexibility index (Phi) is 3.27. The highest BCUT2D eigenvalue weighted by Crippen LogP contribution is 2.24. The Morgan fingerprint density at radius 2 is 2.20 bits per heavy atom. The number of nitrogens with one attached hydrogen (secondary N) is 1. The molecule has 80 valence electrons. The van der Waals surface area contributed by atoms with E-state index in [9.17, 15) is 0 Å². The lowest BCUT2D eigenvalue weighted by molar-refractivity contribution is 0.593. The van der Waals surface area contributed by atoms with Gasteiger partial charge in [0.05, 0.1) is 0 Å². The van der Waals surface area contributed by atoms with E-state index in [0.29, 0.717) is 0 Å². The minimum Gasteiger partial charge on any atom is -0.385 e. The lowest BCUT2D eigenvalue weighted by atomic mass is 10.1. The molecule has 0 saturated heterocycles. The fourth-order valence-corrected chi connectivity index (χ4v) is 2.28. The topological polar surface area (TPSA) is 12.0 Å². The fraction of sp³-hybridized carbons (Fsp3) is 0.385. The van der Waals surface area contributed by atoms with E-state index < -0.39 is 0 Å². The molecule has 0 aliphatic rings. The predicted octanol–water partition coefficient (Wildman–Crippen LogP) is 4.36. The fourth-order valence-electron chi connectivity index (χ4n) is 1.51.